The molecule has 4 aromatic rings. The fraction of sp³-hybridized carbons (Fsp3) is 0.111. The van der Waals surface area contributed by atoms with E-state index in [1.807, 2.05) is 35.7 Å². The lowest BCUT2D eigenvalue weighted by molar-refractivity contribution is 0.0950. The number of anilines is 1. The van der Waals surface area contributed by atoms with Gasteiger partial charge in [-0.05, 0) is 40.2 Å². The van der Waals surface area contributed by atoms with Crippen molar-refractivity contribution in [2.75, 3.05) is 5.73 Å². The van der Waals surface area contributed by atoms with Crippen molar-refractivity contribution in [3.63, 3.8) is 0 Å². The molecule has 1 amide bonds. The van der Waals surface area contributed by atoms with Gasteiger partial charge in [-0.15, -0.1) is 16.4 Å². The summed E-state index contributed by atoms with van der Waals surface area (Å²) in [5.74, 6) is -0.273. The summed E-state index contributed by atoms with van der Waals surface area (Å²) in [6, 6.07) is 11.7. The molecule has 0 unspecified atom stereocenters. The summed E-state index contributed by atoms with van der Waals surface area (Å²) >= 11 is 1.43. The number of amides is 1. The molecular formula is C18H14N8O2S. The zero-order chi connectivity index (χ0) is 19.8. The van der Waals surface area contributed by atoms with E-state index < -0.39 is 5.91 Å². The number of nitrogen functional groups attached to an aromatic ring is 1. The quantitative estimate of drug-likeness (QED) is 0.495. The molecule has 10 nitrogen and oxygen atoms in total. The average molecular weight is 406 g/mol. The maximum Gasteiger partial charge on any atom is 0.294 e. The Balaban J connectivity index is 1.50. The van der Waals surface area contributed by atoms with Gasteiger partial charge < -0.3 is 5.73 Å². The third kappa shape index (κ3) is 2.97. The largest absolute Gasteiger partial charge is 0.378 e. The van der Waals surface area contributed by atoms with Crippen molar-refractivity contribution in [1.29, 1.82) is 0 Å². The SMILES string of the molecule is Nc1nonc1-n1nnc(C(=O)N/N=C2/CCc3ccccc32)c1-c1cccs1. The minimum Gasteiger partial charge on any atom is -0.378 e. The third-order valence-corrected chi connectivity index (χ3v) is 5.46. The summed E-state index contributed by atoms with van der Waals surface area (Å²) in [7, 11) is 0. The first-order valence-corrected chi connectivity index (χ1v) is 9.63. The summed E-state index contributed by atoms with van der Waals surface area (Å²) in [5, 5.41) is 21.6. The number of aromatic nitrogens is 5. The molecule has 5 rings (SSSR count). The van der Waals surface area contributed by atoms with Crippen LogP contribution in [0.2, 0.25) is 0 Å². The summed E-state index contributed by atoms with van der Waals surface area (Å²) in [6.45, 7) is 0. The monoisotopic (exact) mass is 406 g/mol. The molecule has 0 bridgehead atoms. The second kappa shape index (κ2) is 6.95. The molecule has 3 heterocycles. The summed E-state index contributed by atoms with van der Waals surface area (Å²) in [6.07, 6.45) is 1.67. The number of hydrogen-bond acceptors (Lipinski definition) is 9. The van der Waals surface area contributed by atoms with Crippen molar-refractivity contribution in [2.24, 2.45) is 5.10 Å². The van der Waals surface area contributed by atoms with Crippen LogP contribution in [-0.4, -0.2) is 36.9 Å². The van der Waals surface area contributed by atoms with Crippen LogP contribution in [-0.2, 0) is 6.42 Å². The van der Waals surface area contributed by atoms with E-state index in [-0.39, 0.29) is 17.3 Å². The number of carbonyl (C=O) groups is 1. The minimum atomic E-state index is -0.480. The average Bonchev–Trinajstić information content (AvgIpc) is 3.51. The van der Waals surface area contributed by atoms with Crippen LogP contribution < -0.4 is 11.2 Å². The second-order valence-electron chi connectivity index (χ2n) is 6.31. The number of nitrogens with two attached hydrogens (primary N) is 1. The Bertz CT molecular complexity index is 1220. The van der Waals surface area contributed by atoms with E-state index in [2.05, 4.69) is 41.8 Å². The van der Waals surface area contributed by atoms with Gasteiger partial charge >= 0.3 is 0 Å². The van der Waals surface area contributed by atoms with Crippen LogP contribution >= 0.6 is 11.3 Å². The summed E-state index contributed by atoms with van der Waals surface area (Å²) < 4.78 is 6.00. The van der Waals surface area contributed by atoms with Crippen LogP contribution in [0.25, 0.3) is 16.4 Å². The number of carbonyl (C=O) groups excluding carboxylic acids is 1. The Hall–Kier alpha value is -3.86. The van der Waals surface area contributed by atoms with Gasteiger partial charge in [0.05, 0.1) is 10.6 Å². The highest BCUT2D eigenvalue weighted by atomic mass is 32.1. The lowest BCUT2D eigenvalue weighted by atomic mass is 10.1. The number of rotatable bonds is 4. The Morgan fingerprint density at radius 1 is 1.21 bits per heavy atom. The highest BCUT2D eigenvalue weighted by Gasteiger charge is 2.26. The molecule has 144 valence electrons. The Morgan fingerprint density at radius 2 is 2.10 bits per heavy atom. The van der Waals surface area contributed by atoms with Gasteiger partial charge in [-0.1, -0.05) is 35.5 Å². The first kappa shape index (κ1) is 17.3. The van der Waals surface area contributed by atoms with Crippen molar-refractivity contribution in [3.8, 4) is 16.4 Å². The number of hydrogen-bond donors (Lipinski definition) is 2. The zero-order valence-electron chi connectivity index (χ0n) is 14.9. The number of thiophene rings is 1. The smallest absolute Gasteiger partial charge is 0.294 e. The van der Waals surface area contributed by atoms with Crippen molar-refractivity contribution in [1.82, 2.24) is 30.7 Å². The van der Waals surface area contributed by atoms with Gasteiger partial charge in [0, 0.05) is 5.56 Å². The van der Waals surface area contributed by atoms with E-state index in [0.29, 0.717) is 5.69 Å². The second-order valence-corrected chi connectivity index (χ2v) is 7.25. The molecule has 29 heavy (non-hydrogen) atoms. The Morgan fingerprint density at radius 3 is 2.90 bits per heavy atom. The van der Waals surface area contributed by atoms with Crippen molar-refractivity contribution in [3.05, 3.63) is 58.6 Å². The van der Waals surface area contributed by atoms with Crippen LogP contribution in [0.3, 0.4) is 0 Å². The maximum atomic E-state index is 12.9. The highest BCUT2D eigenvalue weighted by molar-refractivity contribution is 7.13. The molecule has 11 heteroatoms. The number of fused-ring (bicyclic) bond motifs is 1. The number of hydrazone groups is 1. The van der Waals surface area contributed by atoms with Crippen molar-refractivity contribution >= 4 is 28.8 Å². The van der Waals surface area contributed by atoms with Crippen molar-refractivity contribution < 1.29 is 9.42 Å². The molecule has 0 saturated heterocycles. The van der Waals surface area contributed by atoms with Gasteiger partial charge in [0.2, 0.25) is 11.6 Å². The van der Waals surface area contributed by atoms with Gasteiger partial charge in [-0.2, -0.15) is 9.78 Å². The van der Waals surface area contributed by atoms with Crippen LogP contribution in [0.5, 0.6) is 0 Å². The molecular weight excluding hydrogens is 392 g/mol. The van der Waals surface area contributed by atoms with Gasteiger partial charge in [-0.3, -0.25) is 4.79 Å². The normalized spacial score (nSPS) is 14.3. The van der Waals surface area contributed by atoms with E-state index in [0.717, 1.165) is 29.0 Å². The number of benzene rings is 1. The Labute approximate surface area is 168 Å². The predicted molar refractivity (Wildman–Crippen MR) is 106 cm³/mol. The first-order valence-electron chi connectivity index (χ1n) is 8.75. The topological polar surface area (TPSA) is 137 Å². The molecule has 1 aliphatic carbocycles. The predicted octanol–water partition coefficient (Wildman–Crippen LogP) is 2.04. The maximum absolute atomic E-state index is 12.9. The van der Waals surface area contributed by atoms with Crippen LogP contribution in [0.4, 0.5) is 5.82 Å². The number of nitrogens with one attached hydrogen (secondary N) is 1. The highest BCUT2D eigenvalue weighted by Crippen LogP contribution is 2.30. The van der Waals surface area contributed by atoms with E-state index in [1.54, 1.807) is 0 Å². The van der Waals surface area contributed by atoms with Crippen LogP contribution in [0.15, 0.2) is 51.5 Å². The van der Waals surface area contributed by atoms with Crippen LogP contribution in [0.1, 0.15) is 28.0 Å². The standard InChI is InChI=1S/C18H14N8O2S/c19-16-17(24-28-23-16)26-15(13-6-3-9-29-13)14(21-25-26)18(27)22-20-12-8-7-10-4-1-2-5-11(10)12/h1-6,9H,7-8H2,(H2,19,23)(H,22,27)/b20-12-. The molecule has 0 aliphatic heterocycles. The lowest BCUT2D eigenvalue weighted by Gasteiger charge is -2.04. The first-order chi connectivity index (χ1) is 14.2. The molecule has 0 radical (unpaired) electrons. The Kier molecular flexibility index (Phi) is 4.13. The zero-order valence-corrected chi connectivity index (χ0v) is 15.8. The van der Waals surface area contributed by atoms with Gasteiger partial charge in [-0.25, -0.2) is 10.1 Å². The molecule has 0 atom stereocenters. The molecule has 0 fully saturated rings. The van der Waals surface area contributed by atoms with E-state index >= 15 is 0 Å². The number of nitrogens with zero attached hydrogens (tertiary/aromatic N) is 6. The lowest BCUT2D eigenvalue weighted by Crippen LogP contribution is -2.21. The van der Waals surface area contributed by atoms with Crippen molar-refractivity contribution in [2.45, 2.75) is 12.8 Å². The third-order valence-electron chi connectivity index (χ3n) is 4.59. The van der Waals surface area contributed by atoms with E-state index in [1.165, 1.54) is 21.6 Å². The molecule has 1 aromatic carbocycles. The summed E-state index contributed by atoms with van der Waals surface area (Å²) in [5.41, 5.74) is 12.0. The van der Waals surface area contributed by atoms with E-state index in [4.69, 9.17) is 5.73 Å². The fourth-order valence-electron chi connectivity index (χ4n) is 3.25. The van der Waals surface area contributed by atoms with Gasteiger partial charge in [0.25, 0.3) is 5.91 Å². The van der Waals surface area contributed by atoms with Gasteiger partial charge in [0.15, 0.2) is 5.69 Å². The van der Waals surface area contributed by atoms with Gasteiger partial charge in [0.1, 0.15) is 5.69 Å². The molecule has 3 N–H and O–H groups in total. The van der Waals surface area contributed by atoms with Crippen LogP contribution in [0, 0.1) is 0 Å². The molecule has 3 aromatic heterocycles. The summed E-state index contributed by atoms with van der Waals surface area (Å²) in [4.78, 5) is 13.6. The molecule has 1 aliphatic rings. The fourth-order valence-corrected chi connectivity index (χ4v) is 4.01. The number of aryl methyl sites for hydroxylation is 1. The van der Waals surface area contributed by atoms with E-state index in [9.17, 15) is 4.79 Å². The molecule has 0 saturated carbocycles. The minimum absolute atomic E-state index is 0.0440. The molecule has 0 spiro atoms.